The largest absolute Gasteiger partial charge is 0.354 e. The predicted molar refractivity (Wildman–Crippen MR) is 91.2 cm³/mol. The summed E-state index contributed by atoms with van der Waals surface area (Å²) in [7, 11) is -1.74. The van der Waals surface area contributed by atoms with Crippen LogP contribution in [-0.2, 0) is 28.3 Å². The lowest BCUT2D eigenvalue weighted by molar-refractivity contribution is -0.124. The molecule has 9 heteroatoms. The highest BCUT2D eigenvalue weighted by Crippen LogP contribution is 2.28. The second-order valence-electron chi connectivity index (χ2n) is 5.77. The SMILES string of the molecule is Cn1cc(CCNC(=O)C2CCCN2S(=O)(=O)c2cccs2)cn1. The van der Waals surface area contributed by atoms with Gasteiger partial charge in [0.2, 0.25) is 5.91 Å². The zero-order chi connectivity index (χ0) is 17.2. The summed E-state index contributed by atoms with van der Waals surface area (Å²) >= 11 is 1.18. The molecule has 3 heterocycles. The first kappa shape index (κ1) is 17.1. The van der Waals surface area contributed by atoms with E-state index in [-0.39, 0.29) is 10.1 Å². The van der Waals surface area contributed by atoms with E-state index >= 15 is 0 Å². The number of sulfonamides is 1. The van der Waals surface area contributed by atoms with E-state index < -0.39 is 16.1 Å². The Kier molecular flexibility index (Phi) is 5.02. The molecule has 0 bridgehead atoms. The van der Waals surface area contributed by atoms with Crippen LogP contribution in [0.25, 0.3) is 0 Å². The molecule has 1 unspecified atom stereocenters. The molecule has 0 aliphatic carbocycles. The summed E-state index contributed by atoms with van der Waals surface area (Å²) in [6.07, 6.45) is 5.59. The summed E-state index contributed by atoms with van der Waals surface area (Å²) in [5.74, 6) is -0.225. The lowest BCUT2D eigenvalue weighted by atomic mass is 10.2. The molecule has 2 aromatic rings. The van der Waals surface area contributed by atoms with Crippen LogP contribution in [0.5, 0.6) is 0 Å². The van der Waals surface area contributed by atoms with E-state index in [1.807, 2.05) is 13.2 Å². The number of aryl methyl sites for hydroxylation is 1. The molecule has 1 atom stereocenters. The third-order valence-electron chi connectivity index (χ3n) is 4.04. The standard InChI is InChI=1S/C15H20N4O3S2/c1-18-11-12(10-17-18)6-7-16-15(20)13-4-2-8-19(13)24(21,22)14-5-3-9-23-14/h3,5,9-11,13H,2,4,6-8H2,1H3,(H,16,20). The maximum Gasteiger partial charge on any atom is 0.253 e. The van der Waals surface area contributed by atoms with Crippen LogP contribution < -0.4 is 5.32 Å². The van der Waals surface area contributed by atoms with Crippen molar-refractivity contribution >= 4 is 27.3 Å². The Morgan fingerprint density at radius 3 is 3.00 bits per heavy atom. The first-order chi connectivity index (χ1) is 11.5. The Morgan fingerprint density at radius 1 is 1.50 bits per heavy atom. The van der Waals surface area contributed by atoms with Crippen LogP contribution in [0.15, 0.2) is 34.1 Å². The van der Waals surface area contributed by atoms with Crippen molar-refractivity contribution in [3.63, 3.8) is 0 Å². The zero-order valence-corrected chi connectivity index (χ0v) is 15.0. The Balaban J connectivity index is 1.61. The fourth-order valence-electron chi connectivity index (χ4n) is 2.86. The number of hydrogen-bond acceptors (Lipinski definition) is 5. The summed E-state index contributed by atoms with van der Waals surface area (Å²) in [6.45, 7) is 0.856. The fourth-order valence-corrected chi connectivity index (χ4v) is 5.64. The van der Waals surface area contributed by atoms with Gasteiger partial charge in [-0.25, -0.2) is 8.42 Å². The Bertz CT molecular complexity index is 799. The fraction of sp³-hybridized carbons (Fsp3) is 0.467. The first-order valence-corrected chi connectivity index (χ1v) is 10.1. The number of hydrogen-bond donors (Lipinski definition) is 1. The topological polar surface area (TPSA) is 84.3 Å². The van der Waals surface area contributed by atoms with Crippen LogP contribution in [-0.4, -0.2) is 47.5 Å². The van der Waals surface area contributed by atoms with E-state index in [2.05, 4.69) is 10.4 Å². The Morgan fingerprint density at radius 2 is 2.33 bits per heavy atom. The third kappa shape index (κ3) is 3.52. The molecule has 0 aromatic carbocycles. The molecule has 0 saturated carbocycles. The smallest absolute Gasteiger partial charge is 0.253 e. The summed E-state index contributed by atoms with van der Waals surface area (Å²) in [6, 6.07) is 2.66. The summed E-state index contributed by atoms with van der Waals surface area (Å²) in [4.78, 5) is 12.4. The second kappa shape index (κ2) is 7.04. The van der Waals surface area contributed by atoms with Crippen LogP contribution >= 0.6 is 11.3 Å². The number of aromatic nitrogens is 2. The van der Waals surface area contributed by atoms with Gasteiger partial charge in [0, 0.05) is 26.3 Å². The average molecular weight is 368 g/mol. The van der Waals surface area contributed by atoms with Gasteiger partial charge in [-0.15, -0.1) is 11.3 Å². The second-order valence-corrected chi connectivity index (χ2v) is 8.83. The van der Waals surface area contributed by atoms with Gasteiger partial charge in [-0.3, -0.25) is 9.48 Å². The predicted octanol–water partition coefficient (Wildman–Crippen LogP) is 0.994. The van der Waals surface area contributed by atoms with Gasteiger partial charge in [-0.2, -0.15) is 9.40 Å². The first-order valence-electron chi connectivity index (χ1n) is 7.79. The number of nitrogens with one attached hydrogen (secondary N) is 1. The number of amides is 1. The molecule has 1 amide bonds. The molecule has 7 nitrogen and oxygen atoms in total. The summed E-state index contributed by atoms with van der Waals surface area (Å²) < 4.78 is 28.6. The number of carbonyl (C=O) groups is 1. The van der Waals surface area contributed by atoms with Crippen molar-refractivity contribution in [3.05, 3.63) is 35.5 Å². The molecule has 1 aliphatic rings. The molecular weight excluding hydrogens is 348 g/mol. The van der Waals surface area contributed by atoms with Gasteiger partial charge >= 0.3 is 0 Å². The maximum absolute atomic E-state index is 12.7. The van der Waals surface area contributed by atoms with E-state index in [4.69, 9.17) is 0 Å². The zero-order valence-electron chi connectivity index (χ0n) is 13.4. The van der Waals surface area contributed by atoms with Crippen LogP contribution in [0, 0.1) is 0 Å². The van der Waals surface area contributed by atoms with Crippen molar-refractivity contribution in [3.8, 4) is 0 Å². The molecule has 1 fully saturated rings. The van der Waals surface area contributed by atoms with E-state index in [0.717, 1.165) is 5.56 Å². The van der Waals surface area contributed by atoms with Gasteiger partial charge in [0.1, 0.15) is 10.3 Å². The lowest BCUT2D eigenvalue weighted by Crippen LogP contribution is -2.46. The van der Waals surface area contributed by atoms with Gasteiger partial charge in [-0.05, 0) is 36.3 Å². The number of thiophene rings is 1. The molecule has 0 spiro atoms. The molecule has 2 aromatic heterocycles. The Labute approximate surface area is 145 Å². The number of carbonyl (C=O) groups excluding carboxylic acids is 1. The van der Waals surface area contributed by atoms with Gasteiger partial charge in [-0.1, -0.05) is 6.07 Å². The van der Waals surface area contributed by atoms with Crippen LogP contribution in [0.3, 0.4) is 0 Å². The normalized spacial score (nSPS) is 18.8. The minimum Gasteiger partial charge on any atom is -0.354 e. The average Bonchev–Trinajstić information content (AvgIpc) is 3.29. The van der Waals surface area contributed by atoms with E-state index in [1.54, 1.807) is 28.4 Å². The van der Waals surface area contributed by atoms with E-state index in [1.165, 1.54) is 15.6 Å². The van der Waals surface area contributed by atoms with Crippen molar-refractivity contribution in [1.82, 2.24) is 19.4 Å². The minimum atomic E-state index is -3.59. The number of nitrogens with zero attached hydrogens (tertiary/aromatic N) is 3. The van der Waals surface area contributed by atoms with Crippen LogP contribution in [0.1, 0.15) is 18.4 Å². The van der Waals surface area contributed by atoms with Crippen molar-refractivity contribution in [2.24, 2.45) is 7.05 Å². The van der Waals surface area contributed by atoms with E-state index in [0.29, 0.717) is 32.4 Å². The van der Waals surface area contributed by atoms with Gasteiger partial charge < -0.3 is 5.32 Å². The monoisotopic (exact) mass is 368 g/mol. The third-order valence-corrected chi connectivity index (χ3v) is 7.32. The molecule has 0 radical (unpaired) electrons. The highest BCUT2D eigenvalue weighted by molar-refractivity contribution is 7.91. The summed E-state index contributed by atoms with van der Waals surface area (Å²) in [5.41, 5.74) is 1.03. The highest BCUT2D eigenvalue weighted by atomic mass is 32.2. The molecule has 130 valence electrons. The molecule has 3 rings (SSSR count). The lowest BCUT2D eigenvalue weighted by Gasteiger charge is -2.22. The maximum atomic E-state index is 12.7. The van der Waals surface area contributed by atoms with Crippen molar-refractivity contribution in [2.75, 3.05) is 13.1 Å². The molecular formula is C15H20N4O3S2. The Hall–Kier alpha value is -1.71. The van der Waals surface area contributed by atoms with Crippen molar-refractivity contribution < 1.29 is 13.2 Å². The van der Waals surface area contributed by atoms with Gasteiger partial charge in [0.05, 0.1) is 6.20 Å². The molecule has 1 N–H and O–H groups in total. The molecule has 24 heavy (non-hydrogen) atoms. The summed E-state index contributed by atoms with van der Waals surface area (Å²) in [5, 5.41) is 8.66. The van der Waals surface area contributed by atoms with E-state index in [9.17, 15) is 13.2 Å². The highest BCUT2D eigenvalue weighted by Gasteiger charge is 2.39. The minimum absolute atomic E-state index is 0.225. The van der Waals surface area contributed by atoms with Crippen LogP contribution in [0.4, 0.5) is 0 Å². The molecule has 1 saturated heterocycles. The van der Waals surface area contributed by atoms with Crippen LogP contribution in [0.2, 0.25) is 0 Å². The van der Waals surface area contributed by atoms with Crippen molar-refractivity contribution in [1.29, 1.82) is 0 Å². The number of rotatable bonds is 6. The van der Waals surface area contributed by atoms with Gasteiger partial charge in [0.25, 0.3) is 10.0 Å². The van der Waals surface area contributed by atoms with Crippen molar-refractivity contribution in [2.45, 2.75) is 29.5 Å². The molecule has 1 aliphatic heterocycles. The van der Waals surface area contributed by atoms with Gasteiger partial charge in [0.15, 0.2) is 0 Å². The quantitative estimate of drug-likeness (QED) is 0.824.